The summed E-state index contributed by atoms with van der Waals surface area (Å²) < 4.78 is 31.4. The van der Waals surface area contributed by atoms with Crippen LogP contribution in [-0.4, -0.2) is 72.1 Å². The van der Waals surface area contributed by atoms with E-state index in [1.165, 1.54) is 4.90 Å². The number of amides is 2. The summed E-state index contributed by atoms with van der Waals surface area (Å²) in [6.07, 6.45) is 1.63. The van der Waals surface area contributed by atoms with Gasteiger partial charge < -0.3 is 19.5 Å². The maximum atomic E-state index is 13.3. The molecule has 10 heteroatoms. The van der Waals surface area contributed by atoms with Crippen molar-refractivity contribution in [1.29, 1.82) is 0 Å². The molecule has 1 aromatic heterocycles. The molecule has 0 radical (unpaired) electrons. The van der Waals surface area contributed by atoms with Gasteiger partial charge in [0.05, 0.1) is 4.90 Å². The molecule has 2 aliphatic heterocycles. The van der Waals surface area contributed by atoms with Gasteiger partial charge in [0, 0.05) is 67.2 Å². The Kier molecular flexibility index (Phi) is 5.99. The van der Waals surface area contributed by atoms with E-state index in [0.29, 0.717) is 51.9 Å². The lowest BCUT2D eigenvalue weighted by Crippen LogP contribution is -2.74. The molecule has 3 aromatic rings. The average Bonchev–Trinajstić information content (AvgIpc) is 3.18. The number of carbonyl (C=O) groups excluding carboxylic acids is 1. The molecule has 2 amide bonds. The molecule has 3 aliphatic rings. The van der Waals surface area contributed by atoms with E-state index < -0.39 is 16.1 Å². The largest absolute Gasteiger partial charge is 0.465 e. The summed E-state index contributed by atoms with van der Waals surface area (Å²) in [7, 11) is -1.76. The van der Waals surface area contributed by atoms with E-state index in [0.717, 1.165) is 22.2 Å². The number of carboxylic acid groups (broad SMARTS) is 1. The predicted octanol–water partition coefficient (Wildman–Crippen LogP) is 3.50. The molecular formula is C28H32N4O5S. The molecule has 1 saturated carbocycles. The van der Waals surface area contributed by atoms with Crippen LogP contribution in [0.25, 0.3) is 22.2 Å². The fourth-order valence-corrected chi connectivity index (χ4v) is 7.71. The highest BCUT2D eigenvalue weighted by Crippen LogP contribution is 2.41. The van der Waals surface area contributed by atoms with Crippen LogP contribution in [0.4, 0.5) is 4.79 Å². The van der Waals surface area contributed by atoms with Gasteiger partial charge in [-0.15, -0.1) is 0 Å². The van der Waals surface area contributed by atoms with Gasteiger partial charge in [0.2, 0.25) is 15.9 Å². The van der Waals surface area contributed by atoms with Crippen LogP contribution in [0.1, 0.15) is 25.7 Å². The van der Waals surface area contributed by atoms with Gasteiger partial charge in [-0.05, 0) is 49.4 Å². The van der Waals surface area contributed by atoms with E-state index in [9.17, 15) is 18.0 Å². The number of sulfonamides is 1. The molecular weight excluding hydrogens is 504 g/mol. The van der Waals surface area contributed by atoms with Gasteiger partial charge in [0.1, 0.15) is 0 Å². The third kappa shape index (κ3) is 4.35. The van der Waals surface area contributed by atoms with E-state index in [-0.39, 0.29) is 28.2 Å². The van der Waals surface area contributed by atoms with E-state index in [1.807, 2.05) is 52.9 Å². The van der Waals surface area contributed by atoms with Crippen LogP contribution in [0.3, 0.4) is 0 Å². The number of fused-ring (bicyclic) bond motifs is 1. The maximum absolute atomic E-state index is 13.3. The van der Waals surface area contributed by atoms with Crippen LogP contribution >= 0.6 is 0 Å². The van der Waals surface area contributed by atoms with Crippen LogP contribution in [0.5, 0.6) is 0 Å². The van der Waals surface area contributed by atoms with Crippen molar-refractivity contribution in [1.82, 2.24) is 19.1 Å². The van der Waals surface area contributed by atoms with Gasteiger partial charge in [-0.1, -0.05) is 36.4 Å². The number of nitrogens with one attached hydrogen (secondary N) is 1. The van der Waals surface area contributed by atoms with Crippen LogP contribution in [0.15, 0.2) is 59.5 Å². The molecule has 9 nitrogen and oxygen atoms in total. The number of carbonyl (C=O) groups is 2. The van der Waals surface area contributed by atoms with Gasteiger partial charge in [0.25, 0.3) is 0 Å². The van der Waals surface area contributed by atoms with Crippen molar-refractivity contribution in [3.8, 4) is 11.3 Å². The highest BCUT2D eigenvalue weighted by molar-refractivity contribution is 7.89. The van der Waals surface area contributed by atoms with Crippen molar-refractivity contribution in [2.75, 3.05) is 26.2 Å². The van der Waals surface area contributed by atoms with Crippen molar-refractivity contribution < 1.29 is 23.1 Å². The molecule has 0 unspecified atom stereocenters. The van der Waals surface area contributed by atoms with Crippen LogP contribution in [0, 0.1) is 11.3 Å². The third-order valence-corrected chi connectivity index (χ3v) is 10.0. The standard InChI is InChI=1S/C28H32N4O5S/c1-30-24(19-5-3-2-4-6-19)13-21-9-12-23(14-25(21)30)38(36,37)29-22-10-7-20(8-11-22)26(33)31-15-28(16-31)17-32(18-28)27(34)35/h2-6,9,12-14,20,22,29H,7-8,10-11,15-18H2,1H3,(H,34,35). The highest BCUT2D eigenvalue weighted by atomic mass is 32.2. The second-order valence-corrected chi connectivity index (χ2v) is 12.9. The Morgan fingerprint density at radius 1 is 0.921 bits per heavy atom. The van der Waals surface area contributed by atoms with Gasteiger partial charge in [-0.3, -0.25) is 4.79 Å². The summed E-state index contributed by atoms with van der Waals surface area (Å²) in [5.74, 6) is 0.0222. The number of aryl methyl sites for hydroxylation is 1. The molecule has 3 heterocycles. The smallest absolute Gasteiger partial charge is 0.407 e. The number of hydrogen-bond donors (Lipinski definition) is 2. The molecule has 2 saturated heterocycles. The molecule has 200 valence electrons. The first kappa shape index (κ1) is 24.9. The number of rotatable bonds is 5. The second-order valence-electron chi connectivity index (χ2n) is 11.2. The molecule has 38 heavy (non-hydrogen) atoms. The Labute approximate surface area is 222 Å². The van der Waals surface area contributed by atoms with Crippen molar-refractivity contribution >= 4 is 32.9 Å². The van der Waals surface area contributed by atoms with Crippen molar-refractivity contribution in [2.45, 2.75) is 36.6 Å². The molecule has 1 spiro atoms. The Morgan fingerprint density at radius 3 is 2.24 bits per heavy atom. The maximum Gasteiger partial charge on any atom is 0.407 e. The van der Waals surface area contributed by atoms with Crippen molar-refractivity contribution in [2.24, 2.45) is 18.4 Å². The molecule has 2 aromatic carbocycles. The minimum atomic E-state index is -3.71. The van der Waals surface area contributed by atoms with Crippen LogP contribution < -0.4 is 4.72 Å². The molecule has 6 rings (SSSR count). The van der Waals surface area contributed by atoms with E-state index in [4.69, 9.17) is 5.11 Å². The summed E-state index contributed by atoms with van der Waals surface area (Å²) in [5, 5.41) is 10.0. The van der Waals surface area contributed by atoms with Gasteiger partial charge in [-0.2, -0.15) is 0 Å². The summed E-state index contributed by atoms with van der Waals surface area (Å²) in [6, 6.07) is 17.1. The van der Waals surface area contributed by atoms with Crippen LogP contribution in [0.2, 0.25) is 0 Å². The zero-order valence-electron chi connectivity index (χ0n) is 21.3. The first-order valence-electron chi connectivity index (χ1n) is 13.1. The number of aromatic nitrogens is 1. The number of benzene rings is 2. The Morgan fingerprint density at radius 2 is 1.58 bits per heavy atom. The first-order chi connectivity index (χ1) is 18.1. The Bertz CT molecular complexity index is 1490. The molecule has 0 bridgehead atoms. The fraction of sp³-hybridized carbons (Fsp3) is 0.429. The van der Waals surface area contributed by atoms with Gasteiger partial charge >= 0.3 is 6.09 Å². The summed E-state index contributed by atoms with van der Waals surface area (Å²) in [5.41, 5.74) is 2.90. The zero-order valence-corrected chi connectivity index (χ0v) is 22.2. The zero-order chi connectivity index (χ0) is 26.7. The second kappa shape index (κ2) is 9.13. The van der Waals surface area contributed by atoms with E-state index >= 15 is 0 Å². The first-order valence-corrected chi connectivity index (χ1v) is 14.6. The normalized spacial score (nSPS) is 22.8. The Hall–Kier alpha value is -3.37. The highest BCUT2D eigenvalue weighted by Gasteiger charge is 2.55. The minimum absolute atomic E-state index is 0.0534. The lowest BCUT2D eigenvalue weighted by atomic mass is 9.72. The average molecular weight is 537 g/mol. The predicted molar refractivity (Wildman–Crippen MR) is 143 cm³/mol. The van der Waals surface area contributed by atoms with Crippen LogP contribution in [-0.2, 0) is 21.9 Å². The number of nitrogens with zero attached hydrogens (tertiary/aromatic N) is 3. The molecule has 2 N–H and O–H groups in total. The van der Waals surface area contributed by atoms with Gasteiger partial charge in [-0.25, -0.2) is 17.9 Å². The molecule has 1 aliphatic carbocycles. The van der Waals surface area contributed by atoms with E-state index in [2.05, 4.69) is 10.8 Å². The SMILES string of the molecule is Cn1c(-c2ccccc2)cc2ccc(S(=O)(=O)NC3CCC(C(=O)N4CC5(CN(C(=O)O)C5)C4)CC3)cc21. The molecule has 3 fully saturated rings. The fourth-order valence-electron chi connectivity index (χ4n) is 6.38. The topological polar surface area (TPSA) is 112 Å². The minimum Gasteiger partial charge on any atom is -0.465 e. The van der Waals surface area contributed by atoms with Crippen molar-refractivity contribution in [3.63, 3.8) is 0 Å². The lowest BCUT2D eigenvalue weighted by Gasteiger charge is -2.59. The molecule has 0 atom stereocenters. The van der Waals surface area contributed by atoms with Gasteiger partial charge in [0.15, 0.2) is 0 Å². The third-order valence-electron chi connectivity index (χ3n) is 8.48. The quantitative estimate of drug-likeness (QED) is 0.518. The Balaban J connectivity index is 1.06. The van der Waals surface area contributed by atoms with Crippen molar-refractivity contribution in [3.05, 3.63) is 54.6 Å². The summed E-state index contributed by atoms with van der Waals surface area (Å²) in [4.78, 5) is 27.4. The number of hydrogen-bond acceptors (Lipinski definition) is 4. The van der Waals surface area contributed by atoms with E-state index in [1.54, 1.807) is 12.1 Å². The number of likely N-dealkylation sites (tertiary alicyclic amines) is 2. The summed E-state index contributed by atoms with van der Waals surface area (Å²) >= 11 is 0. The lowest BCUT2D eigenvalue weighted by molar-refractivity contribution is -0.160. The monoisotopic (exact) mass is 536 g/mol. The summed E-state index contributed by atoms with van der Waals surface area (Å²) in [6.45, 7) is 2.25.